The molecule has 0 heterocycles. The fourth-order valence-corrected chi connectivity index (χ4v) is 3.86. The number of hydrogen-bond donors (Lipinski definition) is 1. The van der Waals surface area contributed by atoms with Crippen molar-refractivity contribution in [2.24, 2.45) is 5.92 Å². The second-order valence-electron chi connectivity index (χ2n) is 4.87. The van der Waals surface area contributed by atoms with Gasteiger partial charge in [-0.25, -0.2) is 17.5 Å². The van der Waals surface area contributed by atoms with Gasteiger partial charge in [-0.2, -0.15) is 0 Å². The number of aromatic carboxylic acids is 1. The van der Waals surface area contributed by atoms with Gasteiger partial charge in [-0.3, -0.25) is 0 Å². The maximum absolute atomic E-state index is 12.5. The quantitative estimate of drug-likeness (QED) is 0.796. The van der Waals surface area contributed by atoms with E-state index in [9.17, 15) is 13.2 Å². The number of carbonyl (C=O) groups is 1. The summed E-state index contributed by atoms with van der Waals surface area (Å²) in [5.41, 5.74) is -0.249. The standard InChI is InChI=1S/C13H17BrClNO4S/c1-4-8(2)7-16(3)21(19,20)9-5-10(13(17)18)12(15)11(14)6-9/h5-6,8H,4,7H2,1-3H3,(H,17,18). The topological polar surface area (TPSA) is 74.7 Å². The number of carboxylic acid groups (broad SMARTS) is 1. The summed E-state index contributed by atoms with van der Waals surface area (Å²) in [4.78, 5) is 11.0. The lowest BCUT2D eigenvalue weighted by Gasteiger charge is -2.21. The fourth-order valence-electron chi connectivity index (χ4n) is 1.71. The second-order valence-corrected chi connectivity index (χ2v) is 8.15. The van der Waals surface area contributed by atoms with Crippen molar-refractivity contribution in [1.29, 1.82) is 0 Å². The lowest BCUT2D eigenvalue weighted by atomic mass is 10.1. The van der Waals surface area contributed by atoms with Gasteiger partial charge in [-0.05, 0) is 34.0 Å². The van der Waals surface area contributed by atoms with E-state index in [0.717, 1.165) is 12.5 Å². The Balaban J connectivity index is 3.29. The molecule has 0 saturated heterocycles. The van der Waals surface area contributed by atoms with E-state index >= 15 is 0 Å². The minimum Gasteiger partial charge on any atom is -0.478 e. The molecule has 0 bridgehead atoms. The van der Waals surface area contributed by atoms with Gasteiger partial charge in [0.1, 0.15) is 0 Å². The van der Waals surface area contributed by atoms with Gasteiger partial charge >= 0.3 is 5.97 Å². The summed E-state index contributed by atoms with van der Waals surface area (Å²) >= 11 is 8.95. The van der Waals surface area contributed by atoms with Crippen molar-refractivity contribution in [3.8, 4) is 0 Å². The number of sulfonamides is 1. The van der Waals surface area contributed by atoms with Crippen LogP contribution in [0.3, 0.4) is 0 Å². The Morgan fingerprint density at radius 1 is 1.48 bits per heavy atom. The van der Waals surface area contributed by atoms with Gasteiger partial charge in [0, 0.05) is 18.1 Å². The molecule has 0 aliphatic heterocycles. The minimum atomic E-state index is -3.76. The van der Waals surface area contributed by atoms with E-state index in [1.165, 1.54) is 17.4 Å². The van der Waals surface area contributed by atoms with Crippen LogP contribution in [-0.4, -0.2) is 37.4 Å². The highest BCUT2D eigenvalue weighted by Gasteiger charge is 2.25. The molecule has 0 aromatic heterocycles. The van der Waals surface area contributed by atoms with Crippen molar-refractivity contribution in [2.75, 3.05) is 13.6 Å². The Morgan fingerprint density at radius 3 is 2.52 bits per heavy atom. The first-order chi connectivity index (χ1) is 9.61. The predicted molar refractivity (Wildman–Crippen MR) is 85.4 cm³/mol. The van der Waals surface area contributed by atoms with Crippen molar-refractivity contribution in [3.05, 3.63) is 27.2 Å². The first kappa shape index (κ1) is 18.4. The molecule has 0 radical (unpaired) electrons. The second kappa shape index (κ2) is 7.09. The van der Waals surface area contributed by atoms with Crippen molar-refractivity contribution < 1.29 is 18.3 Å². The Kier molecular flexibility index (Phi) is 6.22. The average Bonchev–Trinajstić information content (AvgIpc) is 2.40. The molecule has 118 valence electrons. The van der Waals surface area contributed by atoms with E-state index in [4.69, 9.17) is 16.7 Å². The molecule has 0 fully saturated rings. The zero-order chi connectivity index (χ0) is 16.4. The number of benzene rings is 1. The normalized spacial score (nSPS) is 13.4. The number of hydrogen-bond acceptors (Lipinski definition) is 3. The summed E-state index contributed by atoms with van der Waals surface area (Å²) in [7, 11) is -2.28. The highest BCUT2D eigenvalue weighted by molar-refractivity contribution is 9.10. The molecule has 21 heavy (non-hydrogen) atoms. The molecular weight excluding hydrogens is 382 g/mol. The molecule has 0 aliphatic carbocycles. The minimum absolute atomic E-state index is 0.0222. The molecule has 0 aliphatic rings. The lowest BCUT2D eigenvalue weighted by molar-refractivity contribution is 0.0696. The van der Waals surface area contributed by atoms with Crippen LogP contribution in [0.2, 0.25) is 5.02 Å². The van der Waals surface area contributed by atoms with Gasteiger partial charge in [0.15, 0.2) is 0 Å². The van der Waals surface area contributed by atoms with E-state index in [1.807, 2.05) is 13.8 Å². The van der Waals surface area contributed by atoms with Crippen LogP contribution in [0.5, 0.6) is 0 Å². The van der Waals surface area contributed by atoms with Crippen LogP contribution in [0, 0.1) is 5.92 Å². The molecule has 1 rings (SSSR count). The van der Waals surface area contributed by atoms with Gasteiger partial charge in [0.25, 0.3) is 0 Å². The third kappa shape index (κ3) is 4.18. The molecule has 1 unspecified atom stereocenters. The third-order valence-electron chi connectivity index (χ3n) is 3.21. The van der Waals surface area contributed by atoms with Crippen LogP contribution < -0.4 is 0 Å². The molecule has 0 amide bonds. The van der Waals surface area contributed by atoms with Crippen molar-refractivity contribution in [3.63, 3.8) is 0 Å². The van der Waals surface area contributed by atoms with Crippen LogP contribution in [-0.2, 0) is 10.0 Å². The maximum Gasteiger partial charge on any atom is 0.337 e. The SMILES string of the molecule is CCC(C)CN(C)S(=O)(=O)c1cc(Br)c(Cl)c(C(=O)O)c1. The molecule has 1 N–H and O–H groups in total. The van der Waals surface area contributed by atoms with Crippen molar-refractivity contribution >= 4 is 43.5 Å². The fraction of sp³-hybridized carbons (Fsp3) is 0.462. The van der Waals surface area contributed by atoms with Gasteiger partial charge in [0.05, 0.1) is 15.5 Å². The number of nitrogens with zero attached hydrogens (tertiary/aromatic N) is 1. The Labute approximate surface area is 138 Å². The highest BCUT2D eigenvalue weighted by atomic mass is 79.9. The van der Waals surface area contributed by atoms with Gasteiger partial charge in [0.2, 0.25) is 10.0 Å². The van der Waals surface area contributed by atoms with Gasteiger partial charge < -0.3 is 5.11 Å². The summed E-state index contributed by atoms with van der Waals surface area (Å²) in [6, 6.07) is 2.40. The van der Waals surface area contributed by atoms with Crippen LogP contribution in [0.4, 0.5) is 0 Å². The summed E-state index contributed by atoms with van der Waals surface area (Å²) in [5.74, 6) is -1.07. The Hall–Kier alpha value is -0.630. The zero-order valence-corrected chi connectivity index (χ0v) is 15.1. The van der Waals surface area contributed by atoms with E-state index < -0.39 is 16.0 Å². The van der Waals surface area contributed by atoms with Crippen LogP contribution in [0.1, 0.15) is 30.6 Å². The van der Waals surface area contributed by atoms with Crippen LogP contribution in [0.25, 0.3) is 0 Å². The molecule has 0 saturated carbocycles. The molecule has 1 atom stereocenters. The smallest absolute Gasteiger partial charge is 0.337 e. The summed E-state index contributed by atoms with van der Waals surface area (Å²) in [6.45, 7) is 4.29. The first-order valence-electron chi connectivity index (χ1n) is 6.29. The molecule has 1 aromatic rings. The lowest BCUT2D eigenvalue weighted by Crippen LogP contribution is -2.31. The molecular formula is C13H17BrClNO4S. The summed E-state index contributed by atoms with van der Waals surface area (Å²) in [5, 5.41) is 9.07. The first-order valence-corrected chi connectivity index (χ1v) is 8.91. The number of rotatable bonds is 6. The third-order valence-corrected chi connectivity index (χ3v) is 6.27. The maximum atomic E-state index is 12.5. The predicted octanol–water partition coefficient (Wildman–Crippen LogP) is 3.47. The zero-order valence-electron chi connectivity index (χ0n) is 11.9. The van der Waals surface area contributed by atoms with Gasteiger partial charge in [-0.15, -0.1) is 0 Å². The molecule has 5 nitrogen and oxygen atoms in total. The van der Waals surface area contributed by atoms with E-state index in [1.54, 1.807) is 0 Å². The van der Waals surface area contributed by atoms with Gasteiger partial charge in [-0.1, -0.05) is 31.9 Å². The summed E-state index contributed by atoms with van der Waals surface area (Å²) < 4.78 is 26.4. The number of halogens is 2. The average molecular weight is 399 g/mol. The highest BCUT2D eigenvalue weighted by Crippen LogP contribution is 2.31. The van der Waals surface area contributed by atoms with Crippen LogP contribution >= 0.6 is 27.5 Å². The van der Waals surface area contributed by atoms with Crippen molar-refractivity contribution in [1.82, 2.24) is 4.31 Å². The monoisotopic (exact) mass is 397 g/mol. The van der Waals surface area contributed by atoms with E-state index in [-0.39, 0.29) is 25.9 Å². The molecule has 8 heteroatoms. The largest absolute Gasteiger partial charge is 0.478 e. The van der Waals surface area contributed by atoms with E-state index in [0.29, 0.717) is 6.54 Å². The molecule has 1 aromatic carbocycles. The Bertz CT molecular complexity index is 648. The van der Waals surface area contributed by atoms with Crippen molar-refractivity contribution in [2.45, 2.75) is 25.2 Å². The Morgan fingerprint density at radius 2 is 2.05 bits per heavy atom. The van der Waals surface area contributed by atoms with E-state index in [2.05, 4.69) is 15.9 Å². The van der Waals surface area contributed by atoms with Crippen LogP contribution in [0.15, 0.2) is 21.5 Å². The summed E-state index contributed by atoms with van der Waals surface area (Å²) in [6.07, 6.45) is 0.852. The molecule has 0 spiro atoms. The number of carboxylic acids is 1.